The molecule has 2 N–H and O–H groups in total. The van der Waals surface area contributed by atoms with Crippen LogP contribution in [0.1, 0.15) is 0 Å². The molecule has 2 heterocycles. The van der Waals surface area contributed by atoms with Gasteiger partial charge in [0.05, 0.1) is 6.54 Å². The summed E-state index contributed by atoms with van der Waals surface area (Å²) in [4.78, 5) is 22.9. The molecule has 88 valence electrons. The summed E-state index contributed by atoms with van der Waals surface area (Å²) >= 11 is 0. The second-order valence-corrected chi connectivity index (χ2v) is 3.58. The van der Waals surface area contributed by atoms with Crippen LogP contribution in [0.3, 0.4) is 0 Å². The van der Waals surface area contributed by atoms with Gasteiger partial charge in [0.1, 0.15) is 0 Å². The van der Waals surface area contributed by atoms with Crippen LogP contribution in [0.15, 0.2) is 46.2 Å². The van der Waals surface area contributed by atoms with Gasteiger partial charge in [-0.05, 0) is 12.1 Å². The highest BCUT2D eigenvalue weighted by molar-refractivity contribution is 5.33. The Hall–Kier alpha value is -2.37. The van der Waals surface area contributed by atoms with Crippen molar-refractivity contribution in [3.8, 4) is 0 Å². The molecule has 2 aromatic heterocycles. The van der Waals surface area contributed by atoms with Crippen molar-refractivity contribution in [1.29, 1.82) is 0 Å². The maximum absolute atomic E-state index is 11.5. The molecule has 0 radical (unpaired) electrons. The van der Waals surface area contributed by atoms with Crippen LogP contribution in [-0.4, -0.2) is 14.3 Å². The monoisotopic (exact) mass is 232 g/mol. The summed E-state index contributed by atoms with van der Waals surface area (Å²) in [6.07, 6.45) is 3.08. The Bertz CT molecular complexity index is 630. The average molecular weight is 232 g/mol. The molecule has 17 heavy (non-hydrogen) atoms. The highest BCUT2D eigenvalue weighted by Crippen LogP contribution is 1.95. The van der Waals surface area contributed by atoms with Gasteiger partial charge in [-0.15, -0.1) is 0 Å². The smallest absolute Gasteiger partial charge is 0.266 e. The topological polar surface area (TPSA) is 82.9 Å². The molecule has 0 amide bonds. The van der Waals surface area contributed by atoms with Gasteiger partial charge in [0, 0.05) is 36.8 Å². The van der Waals surface area contributed by atoms with Crippen molar-refractivity contribution < 1.29 is 0 Å². The van der Waals surface area contributed by atoms with Crippen LogP contribution in [0.5, 0.6) is 0 Å². The van der Waals surface area contributed by atoms with Gasteiger partial charge in [-0.2, -0.15) is 5.10 Å². The Labute approximate surface area is 96.9 Å². The van der Waals surface area contributed by atoms with Gasteiger partial charge in [-0.1, -0.05) is 0 Å². The van der Waals surface area contributed by atoms with Gasteiger partial charge in [0.15, 0.2) is 0 Å². The van der Waals surface area contributed by atoms with Crippen molar-refractivity contribution in [3.63, 3.8) is 0 Å². The maximum atomic E-state index is 11.5. The van der Waals surface area contributed by atoms with E-state index < -0.39 is 0 Å². The summed E-state index contributed by atoms with van der Waals surface area (Å²) in [5, 5.41) is 3.90. The van der Waals surface area contributed by atoms with E-state index in [9.17, 15) is 9.59 Å². The molecule has 2 rings (SSSR count). The van der Waals surface area contributed by atoms with Crippen LogP contribution in [0.2, 0.25) is 0 Å². The minimum atomic E-state index is -0.190. The fourth-order valence-electron chi connectivity index (χ4n) is 1.48. The first-order valence-electron chi connectivity index (χ1n) is 5.15. The number of hydrogen-bond donors (Lipinski definition) is 1. The molecule has 0 saturated heterocycles. The van der Waals surface area contributed by atoms with Gasteiger partial charge in [-0.25, -0.2) is 4.68 Å². The van der Waals surface area contributed by atoms with Crippen molar-refractivity contribution in [2.75, 3.05) is 5.73 Å². The van der Waals surface area contributed by atoms with Gasteiger partial charge in [-0.3, -0.25) is 9.59 Å². The van der Waals surface area contributed by atoms with Crippen molar-refractivity contribution in [2.24, 2.45) is 0 Å². The standard InChI is InChI=1S/C11H12N4O2/c12-9-3-4-10(16)14(8-9)6-7-15-11(17)2-1-5-13-15/h1-5,8H,6-7,12H2. The number of nitrogens with zero attached hydrogens (tertiary/aromatic N) is 3. The molecule has 0 aliphatic rings. The zero-order valence-electron chi connectivity index (χ0n) is 9.11. The van der Waals surface area contributed by atoms with Gasteiger partial charge in [0.2, 0.25) is 0 Å². The lowest BCUT2D eigenvalue weighted by Gasteiger charge is -2.07. The van der Waals surface area contributed by atoms with E-state index >= 15 is 0 Å². The molecule has 0 atom stereocenters. The van der Waals surface area contributed by atoms with Gasteiger partial charge >= 0.3 is 0 Å². The molecule has 0 saturated carbocycles. The summed E-state index contributed by atoms with van der Waals surface area (Å²) in [5.41, 5.74) is 5.75. The van der Waals surface area contributed by atoms with Crippen LogP contribution in [-0.2, 0) is 13.1 Å². The number of pyridine rings is 1. The van der Waals surface area contributed by atoms with Crippen LogP contribution < -0.4 is 16.9 Å². The second-order valence-electron chi connectivity index (χ2n) is 3.58. The zero-order chi connectivity index (χ0) is 12.3. The summed E-state index contributed by atoms with van der Waals surface area (Å²) in [5.74, 6) is 0. The Kier molecular flexibility index (Phi) is 3.04. The molecule has 0 fully saturated rings. The van der Waals surface area contributed by atoms with E-state index in [4.69, 9.17) is 5.73 Å². The van der Waals surface area contributed by atoms with E-state index in [1.807, 2.05) is 0 Å². The number of anilines is 1. The summed E-state index contributed by atoms with van der Waals surface area (Å²) in [7, 11) is 0. The molecular formula is C11H12N4O2. The number of nitrogens with two attached hydrogens (primary N) is 1. The fraction of sp³-hybridized carbons (Fsp3) is 0.182. The SMILES string of the molecule is Nc1ccc(=O)n(CCn2ncccc2=O)c1. The molecule has 6 heteroatoms. The first-order valence-corrected chi connectivity index (χ1v) is 5.15. The number of aromatic nitrogens is 3. The highest BCUT2D eigenvalue weighted by atomic mass is 16.1. The minimum Gasteiger partial charge on any atom is -0.398 e. The number of aryl methyl sites for hydroxylation is 2. The minimum absolute atomic E-state index is 0.150. The summed E-state index contributed by atoms with van der Waals surface area (Å²) < 4.78 is 2.76. The van der Waals surface area contributed by atoms with E-state index in [1.165, 1.54) is 27.6 Å². The lowest BCUT2D eigenvalue weighted by Crippen LogP contribution is -2.27. The molecule has 2 aromatic rings. The van der Waals surface area contributed by atoms with Crippen LogP contribution in [0.4, 0.5) is 5.69 Å². The van der Waals surface area contributed by atoms with E-state index in [0.717, 1.165) is 0 Å². The van der Waals surface area contributed by atoms with E-state index in [2.05, 4.69) is 5.10 Å². The summed E-state index contributed by atoms with van der Waals surface area (Å²) in [6.45, 7) is 0.698. The highest BCUT2D eigenvalue weighted by Gasteiger charge is 1.99. The van der Waals surface area contributed by atoms with Crippen molar-refractivity contribution >= 4 is 5.69 Å². The van der Waals surface area contributed by atoms with E-state index in [-0.39, 0.29) is 11.1 Å². The molecule has 0 aromatic carbocycles. The first kappa shape index (κ1) is 11.1. The second kappa shape index (κ2) is 4.65. The molecule has 0 aliphatic heterocycles. The van der Waals surface area contributed by atoms with Crippen LogP contribution >= 0.6 is 0 Å². The lowest BCUT2D eigenvalue weighted by atomic mass is 10.4. The Morgan fingerprint density at radius 2 is 1.94 bits per heavy atom. The first-order chi connectivity index (χ1) is 8.16. The fourth-order valence-corrected chi connectivity index (χ4v) is 1.48. The van der Waals surface area contributed by atoms with Gasteiger partial charge in [0.25, 0.3) is 11.1 Å². The number of hydrogen-bond acceptors (Lipinski definition) is 4. The predicted molar refractivity (Wildman–Crippen MR) is 63.6 cm³/mol. The van der Waals surface area contributed by atoms with Gasteiger partial charge < -0.3 is 10.3 Å². The average Bonchev–Trinajstić information content (AvgIpc) is 2.32. The molecule has 0 spiro atoms. The largest absolute Gasteiger partial charge is 0.398 e. The number of nitrogen functional groups attached to an aromatic ring is 1. The normalized spacial score (nSPS) is 10.4. The van der Waals surface area contributed by atoms with Crippen molar-refractivity contribution in [2.45, 2.75) is 13.1 Å². The molecule has 0 unspecified atom stereocenters. The summed E-state index contributed by atoms with van der Waals surface area (Å²) in [6, 6.07) is 5.95. The lowest BCUT2D eigenvalue weighted by molar-refractivity contribution is 0.503. The van der Waals surface area contributed by atoms with Crippen molar-refractivity contribution in [3.05, 3.63) is 57.4 Å². The van der Waals surface area contributed by atoms with E-state index in [0.29, 0.717) is 18.8 Å². The maximum Gasteiger partial charge on any atom is 0.266 e. The zero-order valence-corrected chi connectivity index (χ0v) is 9.11. The van der Waals surface area contributed by atoms with E-state index in [1.54, 1.807) is 18.3 Å². The Balaban J connectivity index is 2.18. The Morgan fingerprint density at radius 3 is 2.71 bits per heavy atom. The predicted octanol–water partition coefficient (Wildman–Crippen LogP) is -0.313. The third-order valence-corrected chi connectivity index (χ3v) is 2.34. The van der Waals surface area contributed by atoms with Crippen LogP contribution in [0.25, 0.3) is 0 Å². The third kappa shape index (κ3) is 2.60. The quantitative estimate of drug-likeness (QED) is 0.786. The van der Waals surface area contributed by atoms with Crippen molar-refractivity contribution in [1.82, 2.24) is 14.3 Å². The third-order valence-electron chi connectivity index (χ3n) is 2.34. The molecule has 0 aliphatic carbocycles. The molecular weight excluding hydrogens is 220 g/mol. The number of rotatable bonds is 3. The Morgan fingerprint density at radius 1 is 1.12 bits per heavy atom. The van der Waals surface area contributed by atoms with Crippen LogP contribution in [0, 0.1) is 0 Å². The molecule has 0 bridgehead atoms. The molecule has 6 nitrogen and oxygen atoms in total.